The SMILES string of the molecule is NS(=O)(=O)c1sccc1[C@@H](CO)C1CCC(N2CCOCC2)CC1. The van der Waals surface area contributed by atoms with Crippen molar-refractivity contribution < 1.29 is 18.3 Å². The molecule has 24 heavy (non-hydrogen) atoms. The lowest BCUT2D eigenvalue weighted by Gasteiger charge is -2.40. The first-order valence-corrected chi connectivity index (χ1v) is 11.0. The van der Waals surface area contributed by atoms with Crippen LogP contribution >= 0.6 is 11.3 Å². The summed E-state index contributed by atoms with van der Waals surface area (Å²) < 4.78 is 29.2. The number of nitrogens with zero attached hydrogens (tertiary/aromatic N) is 1. The van der Waals surface area contributed by atoms with Crippen LogP contribution in [0.4, 0.5) is 0 Å². The monoisotopic (exact) mass is 374 g/mol. The molecule has 1 aromatic rings. The van der Waals surface area contributed by atoms with Crippen LogP contribution in [0.2, 0.25) is 0 Å². The maximum atomic E-state index is 11.8. The van der Waals surface area contributed by atoms with Crippen molar-refractivity contribution in [3.05, 3.63) is 17.0 Å². The lowest BCUT2D eigenvalue weighted by atomic mass is 9.76. The highest BCUT2D eigenvalue weighted by Gasteiger charge is 2.33. The van der Waals surface area contributed by atoms with E-state index in [-0.39, 0.29) is 16.7 Å². The van der Waals surface area contributed by atoms with Crippen molar-refractivity contribution >= 4 is 21.4 Å². The van der Waals surface area contributed by atoms with Crippen molar-refractivity contribution in [1.82, 2.24) is 4.90 Å². The van der Waals surface area contributed by atoms with E-state index in [0.717, 1.165) is 63.3 Å². The molecule has 1 aliphatic heterocycles. The molecule has 0 amide bonds. The highest BCUT2D eigenvalue weighted by Crippen LogP contribution is 2.40. The molecule has 1 atom stereocenters. The molecule has 1 aliphatic carbocycles. The predicted octanol–water partition coefficient (Wildman–Crippen LogP) is 1.36. The second-order valence-electron chi connectivity index (χ2n) is 6.71. The molecule has 2 heterocycles. The molecule has 0 aromatic carbocycles. The van der Waals surface area contributed by atoms with Crippen LogP contribution in [-0.4, -0.2) is 57.4 Å². The third-order valence-corrected chi connectivity index (χ3v) is 7.85. The molecule has 1 saturated carbocycles. The number of morpholine rings is 1. The van der Waals surface area contributed by atoms with Crippen molar-refractivity contribution in [3.63, 3.8) is 0 Å². The number of rotatable bonds is 5. The van der Waals surface area contributed by atoms with Crippen LogP contribution < -0.4 is 5.14 Å². The number of sulfonamides is 1. The number of ether oxygens (including phenoxy) is 1. The normalized spacial score (nSPS) is 27.9. The van der Waals surface area contributed by atoms with Gasteiger partial charge in [0.2, 0.25) is 10.0 Å². The van der Waals surface area contributed by atoms with E-state index in [0.29, 0.717) is 17.5 Å². The largest absolute Gasteiger partial charge is 0.396 e. The molecule has 3 rings (SSSR count). The number of nitrogens with two attached hydrogens (primary N) is 1. The standard InChI is InChI=1S/C16H26N2O4S2/c17-24(20,21)16-14(5-10-23-16)15(11-19)12-1-3-13(4-2-12)18-6-8-22-9-7-18/h5,10,12-13,15,19H,1-4,6-9,11H2,(H2,17,20,21)/t12?,13?,15-/m0/s1. The number of aliphatic hydroxyl groups is 1. The third kappa shape index (κ3) is 4.00. The summed E-state index contributed by atoms with van der Waals surface area (Å²) in [6, 6.07) is 2.39. The van der Waals surface area contributed by atoms with Crippen LogP contribution in [0.5, 0.6) is 0 Å². The molecular formula is C16H26N2O4S2. The van der Waals surface area contributed by atoms with E-state index in [1.807, 2.05) is 0 Å². The van der Waals surface area contributed by atoms with E-state index in [1.54, 1.807) is 11.4 Å². The van der Waals surface area contributed by atoms with Crippen LogP contribution in [-0.2, 0) is 14.8 Å². The Labute approximate surface area is 147 Å². The Kier molecular flexibility index (Phi) is 5.94. The smallest absolute Gasteiger partial charge is 0.247 e. The van der Waals surface area contributed by atoms with Crippen molar-refractivity contribution in [3.8, 4) is 0 Å². The van der Waals surface area contributed by atoms with Crippen LogP contribution in [0.3, 0.4) is 0 Å². The molecule has 3 N–H and O–H groups in total. The van der Waals surface area contributed by atoms with Crippen molar-refractivity contribution in [2.75, 3.05) is 32.9 Å². The minimum atomic E-state index is -3.73. The Morgan fingerprint density at radius 3 is 2.54 bits per heavy atom. The number of hydrogen-bond acceptors (Lipinski definition) is 6. The first-order chi connectivity index (χ1) is 11.5. The minimum Gasteiger partial charge on any atom is -0.396 e. The highest BCUT2D eigenvalue weighted by atomic mass is 32.2. The summed E-state index contributed by atoms with van der Waals surface area (Å²) >= 11 is 1.14. The van der Waals surface area contributed by atoms with Gasteiger partial charge >= 0.3 is 0 Å². The molecule has 1 saturated heterocycles. The predicted molar refractivity (Wildman–Crippen MR) is 93.7 cm³/mol. The maximum absolute atomic E-state index is 11.8. The summed E-state index contributed by atoms with van der Waals surface area (Å²) in [5, 5.41) is 17.0. The quantitative estimate of drug-likeness (QED) is 0.812. The summed E-state index contributed by atoms with van der Waals surface area (Å²) in [6.45, 7) is 3.58. The summed E-state index contributed by atoms with van der Waals surface area (Å²) in [6.07, 6.45) is 4.20. The van der Waals surface area contributed by atoms with Gasteiger partial charge < -0.3 is 9.84 Å². The molecule has 2 aliphatic rings. The van der Waals surface area contributed by atoms with Gasteiger partial charge in [-0.3, -0.25) is 4.90 Å². The van der Waals surface area contributed by atoms with Gasteiger partial charge in [0.25, 0.3) is 0 Å². The minimum absolute atomic E-state index is 0.0356. The summed E-state index contributed by atoms with van der Waals surface area (Å²) in [5.74, 6) is 0.164. The van der Waals surface area contributed by atoms with Crippen LogP contribution in [0, 0.1) is 5.92 Å². The van der Waals surface area contributed by atoms with Crippen molar-refractivity contribution in [2.24, 2.45) is 11.1 Å². The fourth-order valence-electron chi connectivity index (χ4n) is 4.12. The highest BCUT2D eigenvalue weighted by molar-refractivity contribution is 7.91. The van der Waals surface area contributed by atoms with Crippen LogP contribution in [0.25, 0.3) is 0 Å². The van der Waals surface area contributed by atoms with Gasteiger partial charge in [0.05, 0.1) is 19.8 Å². The molecule has 0 bridgehead atoms. The molecule has 1 aromatic heterocycles. The number of primary sulfonamides is 1. The van der Waals surface area contributed by atoms with Gasteiger partial charge in [0, 0.05) is 25.0 Å². The van der Waals surface area contributed by atoms with E-state index in [1.165, 1.54) is 0 Å². The number of hydrogen-bond donors (Lipinski definition) is 2. The molecule has 8 heteroatoms. The van der Waals surface area contributed by atoms with E-state index in [2.05, 4.69) is 4.90 Å². The summed E-state index contributed by atoms with van der Waals surface area (Å²) in [7, 11) is -3.73. The van der Waals surface area contributed by atoms with Crippen LogP contribution in [0.15, 0.2) is 15.7 Å². The fraction of sp³-hybridized carbons (Fsp3) is 0.750. The Morgan fingerprint density at radius 2 is 1.96 bits per heavy atom. The van der Waals surface area contributed by atoms with Gasteiger partial charge in [-0.05, 0) is 48.6 Å². The van der Waals surface area contributed by atoms with E-state index >= 15 is 0 Å². The van der Waals surface area contributed by atoms with E-state index in [9.17, 15) is 13.5 Å². The molecule has 136 valence electrons. The van der Waals surface area contributed by atoms with Crippen molar-refractivity contribution in [1.29, 1.82) is 0 Å². The lowest BCUT2D eigenvalue weighted by Crippen LogP contribution is -2.45. The topological polar surface area (TPSA) is 92.9 Å². The Hall–Kier alpha value is -0.510. The lowest BCUT2D eigenvalue weighted by molar-refractivity contribution is 0.00290. The van der Waals surface area contributed by atoms with Gasteiger partial charge in [-0.2, -0.15) is 0 Å². The average Bonchev–Trinajstić information content (AvgIpc) is 3.07. The average molecular weight is 375 g/mol. The maximum Gasteiger partial charge on any atom is 0.247 e. The second-order valence-corrected chi connectivity index (χ2v) is 9.39. The first-order valence-electron chi connectivity index (χ1n) is 8.53. The zero-order valence-corrected chi connectivity index (χ0v) is 15.4. The molecule has 2 fully saturated rings. The van der Waals surface area contributed by atoms with Gasteiger partial charge in [0.15, 0.2) is 0 Å². The number of thiophene rings is 1. The number of aliphatic hydroxyl groups excluding tert-OH is 1. The Morgan fingerprint density at radius 1 is 1.29 bits per heavy atom. The van der Waals surface area contributed by atoms with Gasteiger partial charge in [0.1, 0.15) is 4.21 Å². The second kappa shape index (κ2) is 7.80. The zero-order chi connectivity index (χ0) is 17.2. The van der Waals surface area contributed by atoms with Crippen LogP contribution in [0.1, 0.15) is 37.2 Å². The van der Waals surface area contributed by atoms with E-state index in [4.69, 9.17) is 9.88 Å². The van der Waals surface area contributed by atoms with Gasteiger partial charge in [-0.25, -0.2) is 13.6 Å². The first kappa shape index (κ1) is 18.3. The molecule has 0 unspecified atom stereocenters. The molecule has 0 radical (unpaired) electrons. The third-order valence-electron chi connectivity index (χ3n) is 5.39. The molecule has 6 nitrogen and oxygen atoms in total. The van der Waals surface area contributed by atoms with Gasteiger partial charge in [-0.1, -0.05) is 0 Å². The summed E-state index contributed by atoms with van der Waals surface area (Å²) in [4.78, 5) is 2.51. The zero-order valence-electron chi connectivity index (χ0n) is 13.8. The van der Waals surface area contributed by atoms with Gasteiger partial charge in [-0.15, -0.1) is 11.3 Å². The molecular weight excluding hydrogens is 348 g/mol. The summed E-state index contributed by atoms with van der Waals surface area (Å²) in [5.41, 5.74) is 0.694. The molecule has 0 spiro atoms. The fourth-order valence-corrected chi connectivity index (χ4v) is 6.07. The van der Waals surface area contributed by atoms with Crippen molar-refractivity contribution in [2.45, 2.75) is 41.9 Å². The Balaban J connectivity index is 1.67. The van der Waals surface area contributed by atoms with E-state index < -0.39 is 10.0 Å². The Bertz CT molecular complexity index is 632.